The van der Waals surface area contributed by atoms with Crippen LogP contribution in [0.3, 0.4) is 0 Å². The van der Waals surface area contributed by atoms with Crippen LogP contribution in [0.15, 0.2) is 54.6 Å². The lowest BCUT2D eigenvalue weighted by molar-refractivity contribution is -0.138. The van der Waals surface area contributed by atoms with Crippen molar-refractivity contribution in [2.24, 2.45) is 5.92 Å². The number of nitrogens with zero attached hydrogens (tertiary/aromatic N) is 4. The number of aryl methyl sites for hydroxylation is 1. The Balaban J connectivity index is 1.05. The van der Waals surface area contributed by atoms with Crippen LogP contribution in [-0.2, 0) is 15.0 Å². The van der Waals surface area contributed by atoms with E-state index in [2.05, 4.69) is 76.3 Å². The maximum Gasteiger partial charge on any atom is 0.245 e. The van der Waals surface area contributed by atoms with Gasteiger partial charge in [-0.15, -0.1) is 0 Å². The highest BCUT2D eigenvalue weighted by Crippen LogP contribution is 2.45. The van der Waals surface area contributed by atoms with E-state index in [-0.39, 0.29) is 23.3 Å². The van der Waals surface area contributed by atoms with Gasteiger partial charge in [0.15, 0.2) is 0 Å². The van der Waals surface area contributed by atoms with Crippen molar-refractivity contribution in [3.63, 3.8) is 0 Å². The number of piperidine rings is 2. The third-order valence-corrected chi connectivity index (χ3v) is 11.0. The zero-order valence-electron chi connectivity index (χ0n) is 25.2. The van der Waals surface area contributed by atoms with E-state index in [0.717, 1.165) is 63.1 Å². The predicted octanol–water partition coefficient (Wildman–Crippen LogP) is 5.38. The average molecular weight is 568 g/mol. The number of aromatic nitrogens is 2. The van der Waals surface area contributed by atoms with Gasteiger partial charge in [-0.1, -0.05) is 42.5 Å². The Hall–Kier alpha value is -3.19. The summed E-state index contributed by atoms with van der Waals surface area (Å²) in [5.41, 5.74) is 3.88. The molecule has 7 heteroatoms. The molecule has 3 unspecified atom stereocenters. The molecule has 42 heavy (non-hydrogen) atoms. The molecule has 3 saturated heterocycles. The number of hydrogen-bond acceptors (Lipinski definition) is 4. The van der Waals surface area contributed by atoms with Crippen LogP contribution in [0.5, 0.6) is 0 Å². The topological polar surface area (TPSA) is 70.5 Å². The van der Waals surface area contributed by atoms with Crippen LogP contribution in [0.2, 0.25) is 0 Å². The van der Waals surface area contributed by atoms with E-state index in [9.17, 15) is 9.59 Å². The Morgan fingerprint density at radius 1 is 0.929 bits per heavy atom. The third kappa shape index (κ3) is 5.14. The summed E-state index contributed by atoms with van der Waals surface area (Å²) < 4.78 is 2.52. The molecule has 0 spiro atoms. The summed E-state index contributed by atoms with van der Waals surface area (Å²) in [7, 11) is 0. The fourth-order valence-corrected chi connectivity index (χ4v) is 8.65. The number of amides is 2. The fourth-order valence-electron chi connectivity index (χ4n) is 8.65. The van der Waals surface area contributed by atoms with Crippen LogP contribution >= 0.6 is 0 Å². The number of benzene rings is 2. The van der Waals surface area contributed by atoms with E-state index in [1.807, 2.05) is 4.90 Å². The Labute approximate surface area is 249 Å². The van der Waals surface area contributed by atoms with Gasteiger partial charge in [0.2, 0.25) is 11.8 Å². The summed E-state index contributed by atoms with van der Waals surface area (Å²) in [6.45, 7) is 6.33. The molecule has 2 amide bonds. The van der Waals surface area contributed by atoms with Crippen LogP contribution in [0.25, 0.3) is 11.0 Å². The molecule has 222 valence electrons. The molecule has 3 aliphatic heterocycles. The van der Waals surface area contributed by atoms with Crippen molar-refractivity contribution in [2.75, 3.05) is 19.6 Å². The summed E-state index contributed by atoms with van der Waals surface area (Å²) in [6, 6.07) is 21.1. The van der Waals surface area contributed by atoms with E-state index in [1.165, 1.54) is 43.7 Å². The first-order chi connectivity index (χ1) is 20.4. The van der Waals surface area contributed by atoms with E-state index in [0.29, 0.717) is 24.0 Å². The van der Waals surface area contributed by atoms with E-state index in [4.69, 9.17) is 4.98 Å². The smallest absolute Gasteiger partial charge is 0.245 e. The van der Waals surface area contributed by atoms with Gasteiger partial charge in [0.05, 0.1) is 11.0 Å². The van der Waals surface area contributed by atoms with Gasteiger partial charge < -0.3 is 14.8 Å². The number of likely N-dealkylation sites (tertiary alicyclic amines) is 1. The highest BCUT2D eigenvalue weighted by atomic mass is 16.2. The SMILES string of the molecule is CC(=O)NC(C(=O)N1CCC(CCN2C3CCC2CC(n2c(C)nc4ccccc42)C3)(c2ccccc2)CC1)C1CC1. The molecule has 7 rings (SSSR count). The van der Waals surface area contributed by atoms with E-state index < -0.39 is 0 Å². The molecule has 1 aromatic heterocycles. The summed E-state index contributed by atoms with van der Waals surface area (Å²) >= 11 is 0. The summed E-state index contributed by atoms with van der Waals surface area (Å²) in [5.74, 6) is 1.47. The second kappa shape index (κ2) is 11.1. The number of carbonyl (C=O) groups is 2. The molecule has 3 atom stereocenters. The third-order valence-electron chi connectivity index (χ3n) is 11.0. The van der Waals surface area contributed by atoms with Crippen molar-refractivity contribution in [3.8, 4) is 0 Å². The number of carbonyl (C=O) groups excluding carboxylic acids is 2. The summed E-state index contributed by atoms with van der Waals surface area (Å²) in [4.78, 5) is 35.1. The maximum absolute atomic E-state index is 13.5. The number of nitrogens with one attached hydrogen (secondary N) is 1. The van der Waals surface area contributed by atoms with Gasteiger partial charge in [-0.2, -0.15) is 0 Å². The predicted molar refractivity (Wildman–Crippen MR) is 165 cm³/mol. The Bertz CT molecular complexity index is 1420. The number of rotatable bonds is 8. The lowest BCUT2D eigenvalue weighted by Crippen LogP contribution is -2.54. The first-order valence-corrected chi connectivity index (χ1v) is 16.2. The average Bonchev–Trinajstić information content (AvgIpc) is 3.75. The van der Waals surface area contributed by atoms with Crippen molar-refractivity contribution in [2.45, 2.75) is 101 Å². The number of fused-ring (bicyclic) bond motifs is 3. The molecule has 1 saturated carbocycles. The molecule has 4 aliphatic rings. The fraction of sp³-hybridized carbons (Fsp3) is 0.571. The number of para-hydroxylation sites is 2. The molecular weight excluding hydrogens is 522 g/mol. The molecule has 7 nitrogen and oxygen atoms in total. The molecule has 2 aromatic carbocycles. The first kappa shape index (κ1) is 27.6. The minimum Gasteiger partial charge on any atom is -0.344 e. The van der Waals surface area contributed by atoms with Crippen molar-refractivity contribution in [1.82, 2.24) is 24.7 Å². The lowest BCUT2D eigenvalue weighted by atomic mass is 9.70. The van der Waals surface area contributed by atoms with Gasteiger partial charge in [0, 0.05) is 38.1 Å². The standard InChI is InChI=1S/C35H45N5O2/c1-24-36-31-10-6-7-11-32(31)40(24)30-22-28-14-15-29(23-30)39(28)21-18-35(27-8-4-3-5-9-27)16-19-38(20-17-35)34(42)33(26-12-13-26)37-25(2)41/h3-11,26,28-30,33H,12-23H2,1-2H3,(H,37,41). The second-order valence-electron chi connectivity index (χ2n) is 13.5. The van der Waals surface area contributed by atoms with Gasteiger partial charge in [0.25, 0.3) is 0 Å². The van der Waals surface area contributed by atoms with Crippen LogP contribution in [0.1, 0.15) is 82.1 Å². The van der Waals surface area contributed by atoms with Gasteiger partial charge in [0.1, 0.15) is 11.9 Å². The van der Waals surface area contributed by atoms with Crippen LogP contribution in [0, 0.1) is 12.8 Å². The molecule has 3 aromatic rings. The number of hydrogen-bond donors (Lipinski definition) is 1. The van der Waals surface area contributed by atoms with Crippen molar-refractivity contribution in [3.05, 3.63) is 66.0 Å². The van der Waals surface area contributed by atoms with E-state index in [1.54, 1.807) is 0 Å². The van der Waals surface area contributed by atoms with Gasteiger partial charge in [-0.3, -0.25) is 14.5 Å². The van der Waals surface area contributed by atoms with Crippen LogP contribution in [-0.4, -0.2) is 68.9 Å². The zero-order chi connectivity index (χ0) is 28.8. The number of imidazole rings is 1. The van der Waals surface area contributed by atoms with Crippen molar-refractivity contribution >= 4 is 22.8 Å². The zero-order valence-corrected chi connectivity index (χ0v) is 25.2. The maximum atomic E-state index is 13.5. The summed E-state index contributed by atoms with van der Waals surface area (Å²) in [5, 5.41) is 2.96. The Morgan fingerprint density at radius 2 is 1.60 bits per heavy atom. The van der Waals surface area contributed by atoms with Crippen LogP contribution < -0.4 is 5.32 Å². The van der Waals surface area contributed by atoms with Crippen LogP contribution in [0.4, 0.5) is 0 Å². The molecule has 4 fully saturated rings. The molecule has 0 radical (unpaired) electrons. The molecule has 1 aliphatic carbocycles. The highest BCUT2D eigenvalue weighted by molar-refractivity contribution is 5.87. The largest absolute Gasteiger partial charge is 0.344 e. The quantitative estimate of drug-likeness (QED) is 0.397. The Morgan fingerprint density at radius 3 is 2.26 bits per heavy atom. The molecular formula is C35H45N5O2. The van der Waals surface area contributed by atoms with Gasteiger partial charge >= 0.3 is 0 Å². The normalized spacial score (nSPS) is 26.3. The molecule has 1 N–H and O–H groups in total. The van der Waals surface area contributed by atoms with Crippen molar-refractivity contribution < 1.29 is 9.59 Å². The van der Waals surface area contributed by atoms with Gasteiger partial charge in [-0.25, -0.2) is 4.98 Å². The van der Waals surface area contributed by atoms with Crippen molar-refractivity contribution in [1.29, 1.82) is 0 Å². The minimum absolute atomic E-state index is 0.0779. The molecule has 4 heterocycles. The highest BCUT2D eigenvalue weighted by Gasteiger charge is 2.45. The second-order valence-corrected chi connectivity index (χ2v) is 13.5. The monoisotopic (exact) mass is 567 g/mol. The first-order valence-electron chi connectivity index (χ1n) is 16.2. The lowest BCUT2D eigenvalue weighted by Gasteiger charge is -2.46. The minimum atomic E-state index is -0.347. The Kier molecular flexibility index (Phi) is 7.33. The van der Waals surface area contributed by atoms with Gasteiger partial charge in [-0.05, 0) is 100 Å². The molecule has 2 bridgehead atoms. The summed E-state index contributed by atoms with van der Waals surface area (Å²) in [6.07, 6.45) is 10.1. The van der Waals surface area contributed by atoms with E-state index >= 15 is 0 Å².